The van der Waals surface area contributed by atoms with Crippen molar-refractivity contribution in [2.24, 2.45) is 5.92 Å². The van der Waals surface area contributed by atoms with E-state index in [0.717, 1.165) is 12.0 Å². The Morgan fingerprint density at radius 3 is 2.12 bits per heavy atom. The molecule has 0 radical (unpaired) electrons. The Balaban J connectivity index is 2.03. The van der Waals surface area contributed by atoms with Gasteiger partial charge in [0.05, 0.1) is 11.7 Å². The van der Waals surface area contributed by atoms with Crippen LogP contribution < -0.4 is 0 Å². The Bertz CT molecular complexity index is 167. The van der Waals surface area contributed by atoms with Crippen molar-refractivity contribution in [1.82, 2.24) is 4.90 Å². The zero-order chi connectivity index (χ0) is 5.89. The lowest BCUT2D eigenvalue weighted by molar-refractivity contribution is 0.519. The largest absolute Gasteiger partial charge is 0.334 e. The fourth-order valence-corrected chi connectivity index (χ4v) is 1.46. The van der Waals surface area contributed by atoms with E-state index in [1.54, 1.807) is 5.70 Å². The first kappa shape index (κ1) is 4.42. The van der Waals surface area contributed by atoms with Gasteiger partial charge in [0, 0.05) is 5.70 Å². The minimum Gasteiger partial charge on any atom is -0.334 e. The highest BCUT2D eigenvalue weighted by molar-refractivity contribution is 5.52. The molecular formula is C7H11N. The van der Waals surface area contributed by atoms with Crippen molar-refractivity contribution in [2.45, 2.75) is 26.8 Å². The molecule has 0 N–H and O–H groups in total. The molecule has 0 aromatic heterocycles. The number of rotatable bonds is 1. The molecule has 8 heavy (non-hydrogen) atoms. The molecule has 0 spiro atoms. The summed E-state index contributed by atoms with van der Waals surface area (Å²) in [6, 6.07) is 0.856. The summed E-state index contributed by atoms with van der Waals surface area (Å²) >= 11 is 0. The van der Waals surface area contributed by atoms with Crippen LogP contribution in [0.2, 0.25) is 0 Å². The lowest BCUT2D eigenvalue weighted by atomic mass is 10.1. The zero-order valence-electron chi connectivity index (χ0n) is 5.60. The fraction of sp³-hybridized carbons (Fsp3) is 0.714. The maximum atomic E-state index is 2.41. The van der Waals surface area contributed by atoms with Crippen molar-refractivity contribution in [3.8, 4) is 0 Å². The summed E-state index contributed by atoms with van der Waals surface area (Å²) in [6.45, 7) is 6.74. The summed E-state index contributed by atoms with van der Waals surface area (Å²) in [7, 11) is 0. The molecular weight excluding hydrogens is 98.1 g/mol. The average Bonchev–Trinajstić information content (AvgIpc) is 2.45. The molecule has 0 bridgehead atoms. The molecule has 2 aliphatic rings. The van der Waals surface area contributed by atoms with Gasteiger partial charge >= 0.3 is 0 Å². The van der Waals surface area contributed by atoms with Gasteiger partial charge in [0.1, 0.15) is 0 Å². The van der Waals surface area contributed by atoms with Crippen LogP contribution in [0.25, 0.3) is 0 Å². The lowest BCUT2D eigenvalue weighted by Gasteiger charge is -2.03. The van der Waals surface area contributed by atoms with E-state index in [2.05, 4.69) is 25.7 Å². The molecule has 0 amide bonds. The Morgan fingerprint density at radius 1 is 1.50 bits per heavy atom. The molecule has 2 rings (SSSR count). The van der Waals surface area contributed by atoms with Gasteiger partial charge in [-0.15, -0.1) is 0 Å². The van der Waals surface area contributed by atoms with Crippen molar-refractivity contribution in [1.29, 1.82) is 0 Å². The SMILES string of the molecule is CC1=C2C(C(C)C)N12. The Hall–Kier alpha value is -0.460. The summed E-state index contributed by atoms with van der Waals surface area (Å²) < 4.78 is 0. The van der Waals surface area contributed by atoms with Crippen molar-refractivity contribution in [3.05, 3.63) is 11.4 Å². The van der Waals surface area contributed by atoms with E-state index in [1.165, 1.54) is 5.70 Å². The highest BCUT2D eigenvalue weighted by atomic mass is 15.5. The van der Waals surface area contributed by atoms with Crippen LogP contribution in [-0.4, -0.2) is 10.9 Å². The second kappa shape index (κ2) is 0.949. The third-order valence-electron chi connectivity index (χ3n) is 2.06. The summed E-state index contributed by atoms with van der Waals surface area (Å²) in [5.74, 6) is 0.841. The molecule has 1 saturated heterocycles. The fourth-order valence-electron chi connectivity index (χ4n) is 1.46. The van der Waals surface area contributed by atoms with Crippen molar-refractivity contribution < 1.29 is 0 Å². The van der Waals surface area contributed by atoms with Gasteiger partial charge in [-0.1, -0.05) is 13.8 Å². The van der Waals surface area contributed by atoms with Crippen molar-refractivity contribution in [3.63, 3.8) is 0 Å². The van der Waals surface area contributed by atoms with E-state index in [-0.39, 0.29) is 0 Å². The average molecular weight is 109 g/mol. The zero-order valence-corrected chi connectivity index (χ0v) is 5.60. The van der Waals surface area contributed by atoms with Gasteiger partial charge < -0.3 is 4.90 Å². The molecule has 1 unspecified atom stereocenters. The summed E-state index contributed by atoms with van der Waals surface area (Å²) in [5, 5.41) is 0. The molecule has 1 atom stereocenters. The first-order chi connectivity index (χ1) is 3.73. The monoisotopic (exact) mass is 109 g/mol. The smallest absolute Gasteiger partial charge is 0.0779 e. The maximum Gasteiger partial charge on any atom is 0.0779 e. The normalized spacial score (nSPS) is 31.5. The molecule has 0 aromatic rings. The molecule has 1 nitrogen and oxygen atoms in total. The summed E-state index contributed by atoms with van der Waals surface area (Å²) in [4.78, 5) is 2.41. The number of hydrogen-bond acceptors (Lipinski definition) is 1. The van der Waals surface area contributed by atoms with Gasteiger partial charge in [0.15, 0.2) is 0 Å². The first-order valence-corrected chi connectivity index (χ1v) is 3.23. The predicted molar refractivity (Wildman–Crippen MR) is 33.2 cm³/mol. The molecule has 2 aliphatic heterocycles. The van der Waals surface area contributed by atoms with Crippen LogP contribution >= 0.6 is 0 Å². The minimum absolute atomic E-state index is 0.841. The first-order valence-electron chi connectivity index (χ1n) is 3.23. The maximum absolute atomic E-state index is 2.41. The van der Waals surface area contributed by atoms with E-state index >= 15 is 0 Å². The molecule has 44 valence electrons. The van der Waals surface area contributed by atoms with Crippen molar-refractivity contribution in [2.75, 3.05) is 0 Å². The molecule has 0 saturated carbocycles. The van der Waals surface area contributed by atoms with Gasteiger partial charge in [-0.3, -0.25) is 0 Å². The van der Waals surface area contributed by atoms with Gasteiger partial charge in [-0.2, -0.15) is 0 Å². The standard InChI is InChI=1S/C7H11N/c1-4(2)6-7-5(3)8(6)7/h4,6H,1-3H3. The van der Waals surface area contributed by atoms with Gasteiger partial charge in [-0.25, -0.2) is 0 Å². The number of hydrogen-bond donors (Lipinski definition) is 0. The third kappa shape index (κ3) is 0.299. The van der Waals surface area contributed by atoms with Gasteiger partial charge in [0.25, 0.3) is 0 Å². The predicted octanol–water partition coefficient (Wildman–Crippen LogP) is 1.57. The molecule has 1 fully saturated rings. The van der Waals surface area contributed by atoms with E-state index in [4.69, 9.17) is 0 Å². The van der Waals surface area contributed by atoms with Crippen LogP contribution in [0.5, 0.6) is 0 Å². The van der Waals surface area contributed by atoms with Gasteiger partial charge in [0.2, 0.25) is 0 Å². The summed E-state index contributed by atoms with van der Waals surface area (Å²) in [6.07, 6.45) is 0. The van der Waals surface area contributed by atoms with Crippen LogP contribution in [0.15, 0.2) is 11.4 Å². The van der Waals surface area contributed by atoms with Crippen LogP contribution in [-0.2, 0) is 0 Å². The second-order valence-corrected chi connectivity index (χ2v) is 3.03. The van der Waals surface area contributed by atoms with Crippen LogP contribution in [0.1, 0.15) is 20.8 Å². The minimum atomic E-state index is 0.841. The highest BCUT2D eigenvalue weighted by Crippen LogP contribution is 2.57. The Labute approximate surface area is 50.0 Å². The van der Waals surface area contributed by atoms with E-state index in [9.17, 15) is 0 Å². The number of nitrogens with zero attached hydrogens (tertiary/aromatic N) is 1. The third-order valence-corrected chi connectivity index (χ3v) is 2.06. The topological polar surface area (TPSA) is 3.01 Å². The molecule has 0 aromatic carbocycles. The van der Waals surface area contributed by atoms with E-state index in [1.807, 2.05) is 0 Å². The Kier molecular flexibility index (Phi) is 0.525. The van der Waals surface area contributed by atoms with Crippen LogP contribution in [0.4, 0.5) is 0 Å². The quantitative estimate of drug-likeness (QED) is 0.462. The van der Waals surface area contributed by atoms with Gasteiger partial charge in [-0.05, 0) is 12.8 Å². The highest BCUT2D eigenvalue weighted by Gasteiger charge is 2.57. The second-order valence-electron chi connectivity index (χ2n) is 3.03. The van der Waals surface area contributed by atoms with Crippen LogP contribution in [0, 0.1) is 5.92 Å². The Morgan fingerprint density at radius 2 is 2.00 bits per heavy atom. The number of fused-ring (bicyclic) bond motifs is 1. The van der Waals surface area contributed by atoms with E-state index in [0.29, 0.717) is 0 Å². The van der Waals surface area contributed by atoms with Crippen LogP contribution in [0.3, 0.4) is 0 Å². The molecule has 2 heterocycles. The number of allylic oxidation sites excluding steroid dienone is 1. The molecule has 1 heteroatoms. The van der Waals surface area contributed by atoms with E-state index < -0.39 is 0 Å². The summed E-state index contributed by atoms with van der Waals surface area (Å²) in [5.41, 5.74) is 3.16. The molecule has 0 aliphatic carbocycles. The van der Waals surface area contributed by atoms with Crippen molar-refractivity contribution >= 4 is 0 Å². The lowest BCUT2D eigenvalue weighted by Crippen LogP contribution is -2.06.